The Kier molecular flexibility index (Phi) is 7.00. The van der Waals surface area contributed by atoms with Crippen LogP contribution >= 0.6 is 23.2 Å². The molecule has 5 nitrogen and oxygen atoms in total. The maximum atomic E-state index is 13.1. The summed E-state index contributed by atoms with van der Waals surface area (Å²) in [7, 11) is 1.62. The standard InChI is InChI=1S/C19H20Cl2N2O3/c1-3-4-10-22(2)19(26)17(23-12-15(21)8-9-16(23)24)18(25)13-6-5-7-14(20)11-13/h5-9,11-12,17H,3-4,10H2,1-2H3. The topological polar surface area (TPSA) is 59.4 Å². The van der Waals surface area contributed by atoms with Crippen LogP contribution in [-0.2, 0) is 4.79 Å². The molecule has 0 aliphatic rings. The second kappa shape index (κ2) is 9.01. The van der Waals surface area contributed by atoms with E-state index in [0.29, 0.717) is 11.6 Å². The van der Waals surface area contributed by atoms with Gasteiger partial charge in [0.1, 0.15) is 0 Å². The second-order valence-electron chi connectivity index (χ2n) is 5.98. The van der Waals surface area contributed by atoms with Gasteiger partial charge in [0.15, 0.2) is 11.8 Å². The molecule has 1 atom stereocenters. The van der Waals surface area contributed by atoms with Crippen LogP contribution < -0.4 is 5.56 Å². The average Bonchev–Trinajstić information content (AvgIpc) is 2.62. The molecule has 2 rings (SSSR count). The molecule has 138 valence electrons. The summed E-state index contributed by atoms with van der Waals surface area (Å²) in [6, 6.07) is 7.63. The SMILES string of the molecule is CCCCN(C)C(=O)C(C(=O)c1cccc(Cl)c1)n1cc(Cl)ccc1=O. The van der Waals surface area contributed by atoms with Crippen molar-refractivity contribution in [3.63, 3.8) is 0 Å². The highest BCUT2D eigenvalue weighted by atomic mass is 35.5. The normalized spacial score (nSPS) is 11.8. The summed E-state index contributed by atoms with van der Waals surface area (Å²) in [6.45, 7) is 2.50. The quantitative estimate of drug-likeness (QED) is 0.529. The first-order valence-electron chi connectivity index (χ1n) is 8.27. The van der Waals surface area contributed by atoms with Crippen molar-refractivity contribution in [1.29, 1.82) is 0 Å². The van der Waals surface area contributed by atoms with Crippen molar-refractivity contribution in [2.45, 2.75) is 25.8 Å². The van der Waals surface area contributed by atoms with Gasteiger partial charge in [0, 0.05) is 36.4 Å². The number of carbonyl (C=O) groups is 2. The third-order valence-corrected chi connectivity index (χ3v) is 4.45. The number of ketones is 1. The zero-order valence-electron chi connectivity index (χ0n) is 14.6. The van der Waals surface area contributed by atoms with Crippen molar-refractivity contribution in [2.24, 2.45) is 0 Å². The van der Waals surface area contributed by atoms with Crippen molar-refractivity contribution in [3.05, 3.63) is 68.6 Å². The van der Waals surface area contributed by atoms with Crippen molar-refractivity contribution in [2.75, 3.05) is 13.6 Å². The van der Waals surface area contributed by atoms with E-state index in [1.807, 2.05) is 6.92 Å². The van der Waals surface area contributed by atoms with Gasteiger partial charge in [-0.3, -0.25) is 19.0 Å². The van der Waals surface area contributed by atoms with E-state index in [-0.39, 0.29) is 10.6 Å². The second-order valence-corrected chi connectivity index (χ2v) is 6.86. The van der Waals surface area contributed by atoms with Gasteiger partial charge in [-0.25, -0.2) is 0 Å². The van der Waals surface area contributed by atoms with E-state index in [2.05, 4.69) is 0 Å². The molecule has 1 heterocycles. The molecule has 0 saturated heterocycles. The maximum Gasteiger partial charge on any atom is 0.253 e. The lowest BCUT2D eigenvalue weighted by Crippen LogP contribution is -2.42. The Labute approximate surface area is 162 Å². The molecular weight excluding hydrogens is 375 g/mol. The van der Waals surface area contributed by atoms with Gasteiger partial charge in [0.25, 0.3) is 11.5 Å². The molecule has 0 aliphatic carbocycles. The fourth-order valence-electron chi connectivity index (χ4n) is 2.55. The van der Waals surface area contributed by atoms with E-state index in [1.54, 1.807) is 25.2 Å². The first-order valence-corrected chi connectivity index (χ1v) is 9.03. The van der Waals surface area contributed by atoms with Gasteiger partial charge in [-0.05, 0) is 24.6 Å². The zero-order valence-corrected chi connectivity index (χ0v) is 16.1. The molecule has 2 aromatic rings. The van der Waals surface area contributed by atoms with Crippen LogP contribution in [0.15, 0.2) is 47.4 Å². The van der Waals surface area contributed by atoms with Crippen molar-refractivity contribution >= 4 is 34.9 Å². The molecule has 0 N–H and O–H groups in total. The van der Waals surface area contributed by atoms with Crippen LogP contribution in [0.2, 0.25) is 10.0 Å². The predicted octanol–water partition coefficient (Wildman–Crippen LogP) is 3.84. The highest BCUT2D eigenvalue weighted by Crippen LogP contribution is 2.20. The summed E-state index contributed by atoms with van der Waals surface area (Å²) in [5, 5.41) is 0.636. The number of likely N-dealkylation sites (N-methyl/N-ethyl adjacent to an activating group) is 1. The van der Waals surface area contributed by atoms with Crippen molar-refractivity contribution in [3.8, 4) is 0 Å². The van der Waals surface area contributed by atoms with Gasteiger partial charge in [-0.2, -0.15) is 0 Å². The van der Waals surface area contributed by atoms with Crippen LogP contribution in [-0.4, -0.2) is 34.7 Å². The van der Waals surface area contributed by atoms with Crippen LogP contribution in [0.5, 0.6) is 0 Å². The number of aromatic nitrogens is 1. The average molecular weight is 395 g/mol. The van der Waals surface area contributed by atoms with Gasteiger partial charge in [0.05, 0.1) is 5.02 Å². The minimum Gasteiger partial charge on any atom is -0.344 e. The van der Waals surface area contributed by atoms with E-state index in [9.17, 15) is 14.4 Å². The van der Waals surface area contributed by atoms with E-state index < -0.39 is 23.3 Å². The molecule has 0 saturated carbocycles. The number of amides is 1. The minimum atomic E-state index is -1.33. The van der Waals surface area contributed by atoms with Crippen molar-refractivity contribution < 1.29 is 9.59 Å². The first-order chi connectivity index (χ1) is 12.3. The van der Waals surface area contributed by atoms with Crippen LogP contribution in [0, 0.1) is 0 Å². The van der Waals surface area contributed by atoms with Crippen molar-refractivity contribution in [1.82, 2.24) is 9.47 Å². The molecule has 0 fully saturated rings. The summed E-state index contributed by atoms with van der Waals surface area (Å²) in [5.74, 6) is -0.974. The number of hydrogen-bond acceptors (Lipinski definition) is 3. The third-order valence-electron chi connectivity index (χ3n) is 3.99. The molecule has 0 bridgehead atoms. The number of Topliss-reactive ketones (excluding diaryl/α,β-unsaturated/α-hetero) is 1. The number of rotatable bonds is 7. The number of unbranched alkanes of at least 4 members (excludes halogenated alkanes) is 1. The molecule has 0 aliphatic heterocycles. The fourth-order valence-corrected chi connectivity index (χ4v) is 2.91. The summed E-state index contributed by atoms with van der Waals surface area (Å²) >= 11 is 12.0. The molecule has 26 heavy (non-hydrogen) atoms. The summed E-state index contributed by atoms with van der Waals surface area (Å²) < 4.78 is 1.08. The number of carbonyl (C=O) groups excluding carboxylic acids is 2. The van der Waals surface area contributed by atoms with Crippen LogP contribution in [0.3, 0.4) is 0 Å². The van der Waals surface area contributed by atoms with E-state index in [1.165, 1.54) is 29.3 Å². The van der Waals surface area contributed by atoms with Gasteiger partial charge in [-0.1, -0.05) is 48.7 Å². The zero-order chi connectivity index (χ0) is 19.3. The molecule has 1 aromatic carbocycles. The lowest BCUT2D eigenvalue weighted by atomic mass is 10.0. The molecular formula is C19H20Cl2N2O3. The Bertz CT molecular complexity index is 864. The van der Waals surface area contributed by atoms with Gasteiger partial charge in [0.2, 0.25) is 0 Å². The highest BCUT2D eigenvalue weighted by molar-refractivity contribution is 6.31. The summed E-state index contributed by atoms with van der Waals surface area (Å²) in [4.78, 5) is 39.8. The summed E-state index contributed by atoms with van der Waals surface area (Å²) in [6.07, 6.45) is 3.01. The molecule has 1 unspecified atom stereocenters. The van der Waals surface area contributed by atoms with Crippen LogP contribution in [0.4, 0.5) is 0 Å². The van der Waals surface area contributed by atoms with Gasteiger partial charge < -0.3 is 4.90 Å². The number of nitrogens with zero attached hydrogens (tertiary/aromatic N) is 2. The van der Waals surface area contributed by atoms with E-state index >= 15 is 0 Å². The van der Waals surface area contributed by atoms with Gasteiger partial charge in [-0.15, -0.1) is 0 Å². The molecule has 0 spiro atoms. The molecule has 1 amide bonds. The van der Waals surface area contributed by atoms with Gasteiger partial charge >= 0.3 is 0 Å². The molecule has 0 radical (unpaired) electrons. The lowest BCUT2D eigenvalue weighted by Gasteiger charge is -2.24. The van der Waals surface area contributed by atoms with E-state index in [4.69, 9.17) is 23.2 Å². The predicted molar refractivity (Wildman–Crippen MR) is 103 cm³/mol. The first kappa shape index (κ1) is 20.2. The number of pyridine rings is 1. The number of hydrogen-bond donors (Lipinski definition) is 0. The Morgan fingerprint density at radius 3 is 2.54 bits per heavy atom. The Balaban J connectivity index is 2.51. The fraction of sp³-hybridized carbons (Fsp3) is 0.316. The van der Waals surface area contributed by atoms with Crippen LogP contribution in [0.1, 0.15) is 36.2 Å². The molecule has 7 heteroatoms. The van der Waals surface area contributed by atoms with Crippen LogP contribution in [0.25, 0.3) is 0 Å². The smallest absolute Gasteiger partial charge is 0.253 e. The largest absolute Gasteiger partial charge is 0.344 e. The third kappa shape index (κ3) is 4.74. The Morgan fingerprint density at radius 1 is 1.15 bits per heavy atom. The minimum absolute atomic E-state index is 0.256. The Morgan fingerprint density at radius 2 is 1.88 bits per heavy atom. The maximum absolute atomic E-state index is 13.1. The lowest BCUT2D eigenvalue weighted by molar-refractivity contribution is -0.132. The van der Waals surface area contributed by atoms with E-state index in [0.717, 1.165) is 17.4 Å². The highest BCUT2D eigenvalue weighted by Gasteiger charge is 2.32. The molecule has 1 aromatic heterocycles. The Hall–Kier alpha value is -2.11. The monoisotopic (exact) mass is 394 g/mol. The summed E-state index contributed by atoms with van der Waals surface area (Å²) in [5.41, 5.74) is -0.223. The number of benzene rings is 1. The number of halogens is 2.